The lowest BCUT2D eigenvalue weighted by molar-refractivity contribution is 0.0494. The second kappa shape index (κ2) is 5.88. The molecule has 0 radical (unpaired) electrons. The molecule has 14 heavy (non-hydrogen) atoms. The summed E-state index contributed by atoms with van der Waals surface area (Å²) in [6, 6.07) is 0. The maximum atomic E-state index is 5.56. The molecule has 0 amide bonds. The van der Waals surface area contributed by atoms with Gasteiger partial charge < -0.3 is 13.9 Å². The molecule has 0 aromatic carbocycles. The molecular formula is C9H14ClNO3. The first-order valence-corrected chi connectivity index (χ1v) is 5.04. The molecule has 80 valence electrons. The molecular weight excluding hydrogens is 206 g/mol. The molecule has 1 aromatic heterocycles. The van der Waals surface area contributed by atoms with Crippen LogP contribution in [0.1, 0.15) is 19.5 Å². The molecule has 0 aliphatic heterocycles. The Morgan fingerprint density at radius 1 is 1.64 bits per heavy atom. The van der Waals surface area contributed by atoms with E-state index in [0.717, 1.165) is 0 Å². The van der Waals surface area contributed by atoms with Gasteiger partial charge in [-0.15, -0.1) is 11.6 Å². The Bertz CT molecular complexity index is 264. The Labute approximate surface area is 88.2 Å². The summed E-state index contributed by atoms with van der Waals surface area (Å²) >= 11 is 5.56. The molecule has 0 N–H and O–H groups in total. The molecule has 5 heteroatoms. The number of rotatable bonds is 6. The average molecular weight is 220 g/mol. The molecule has 0 aliphatic carbocycles. The average Bonchev–Trinajstić information content (AvgIpc) is 2.62. The Kier molecular flexibility index (Phi) is 4.76. The molecule has 1 atom stereocenters. The van der Waals surface area contributed by atoms with Crippen LogP contribution in [0, 0.1) is 0 Å². The summed E-state index contributed by atoms with van der Waals surface area (Å²) in [5, 5.41) is 0. The topological polar surface area (TPSA) is 44.5 Å². The molecule has 1 rings (SSSR count). The molecule has 0 fully saturated rings. The van der Waals surface area contributed by atoms with Gasteiger partial charge in [-0.1, -0.05) is 0 Å². The number of hydrogen-bond donors (Lipinski definition) is 0. The summed E-state index contributed by atoms with van der Waals surface area (Å²) in [7, 11) is 0. The molecule has 0 spiro atoms. The number of halogens is 1. The third-order valence-corrected chi connectivity index (χ3v) is 1.80. The third-order valence-electron chi connectivity index (χ3n) is 1.53. The van der Waals surface area contributed by atoms with Crippen molar-refractivity contribution in [3.05, 3.63) is 12.0 Å². The van der Waals surface area contributed by atoms with Crippen molar-refractivity contribution >= 4 is 11.6 Å². The zero-order valence-corrected chi connectivity index (χ0v) is 9.08. The molecule has 1 heterocycles. The van der Waals surface area contributed by atoms with Crippen molar-refractivity contribution in [1.29, 1.82) is 0 Å². The van der Waals surface area contributed by atoms with Gasteiger partial charge in [0.2, 0.25) is 0 Å². The zero-order valence-electron chi connectivity index (χ0n) is 8.33. The maximum absolute atomic E-state index is 5.56. The van der Waals surface area contributed by atoms with Crippen molar-refractivity contribution in [3.8, 4) is 6.08 Å². The first-order valence-electron chi connectivity index (χ1n) is 4.51. The van der Waals surface area contributed by atoms with Crippen molar-refractivity contribution < 1.29 is 13.9 Å². The first kappa shape index (κ1) is 11.3. The van der Waals surface area contributed by atoms with E-state index in [2.05, 4.69) is 4.98 Å². The SMILES string of the molecule is CCOCC(C)Oc1nc(CCl)co1. The van der Waals surface area contributed by atoms with Crippen LogP contribution in [0.25, 0.3) is 0 Å². The normalized spacial score (nSPS) is 12.8. The number of nitrogens with zero attached hydrogens (tertiary/aromatic N) is 1. The smallest absolute Gasteiger partial charge is 0.394 e. The minimum atomic E-state index is -0.0724. The molecule has 0 saturated heterocycles. The summed E-state index contributed by atoms with van der Waals surface area (Å²) in [4.78, 5) is 4.00. The van der Waals surface area contributed by atoms with E-state index < -0.39 is 0 Å². The fourth-order valence-electron chi connectivity index (χ4n) is 0.894. The van der Waals surface area contributed by atoms with Crippen LogP contribution >= 0.6 is 11.6 Å². The van der Waals surface area contributed by atoms with E-state index in [0.29, 0.717) is 24.8 Å². The molecule has 0 bridgehead atoms. The quantitative estimate of drug-likeness (QED) is 0.689. The minimum absolute atomic E-state index is 0.0724. The van der Waals surface area contributed by atoms with E-state index in [4.69, 9.17) is 25.5 Å². The van der Waals surface area contributed by atoms with E-state index in [1.165, 1.54) is 6.26 Å². The Balaban J connectivity index is 2.35. The second-order valence-electron chi connectivity index (χ2n) is 2.83. The molecule has 1 aromatic rings. The fourth-order valence-corrected chi connectivity index (χ4v) is 1.02. The van der Waals surface area contributed by atoms with Crippen LogP contribution in [0.2, 0.25) is 0 Å². The van der Waals surface area contributed by atoms with Crippen LogP contribution in [0.3, 0.4) is 0 Å². The summed E-state index contributed by atoms with van der Waals surface area (Å²) in [6.45, 7) is 5.02. The summed E-state index contributed by atoms with van der Waals surface area (Å²) in [5.41, 5.74) is 0.672. The standard InChI is InChI=1S/C9H14ClNO3/c1-3-12-5-7(2)14-9-11-8(4-10)6-13-9/h6-7H,3-5H2,1-2H3. The van der Waals surface area contributed by atoms with Gasteiger partial charge in [-0.05, 0) is 13.8 Å². The van der Waals surface area contributed by atoms with E-state index in [-0.39, 0.29) is 12.2 Å². The van der Waals surface area contributed by atoms with Gasteiger partial charge in [-0.3, -0.25) is 0 Å². The number of alkyl halides is 1. The van der Waals surface area contributed by atoms with Crippen LogP contribution < -0.4 is 4.74 Å². The van der Waals surface area contributed by atoms with Crippen molar-refractivity contribution in [1.82, 2.24) is 4.98 Å². The zero-order chi connectivity index (χ0) is 10.4. The van der Waals surface area contributed by atoms with Gasteiger partial charge in [-0.25, -0.2) is 0 Å². The van der Waals surface area contributed by atoms with Gasteiger partial charge in [0.1, 0.15) is 12.4 Å². The van der Waals surface area contributed by atoms with Gasteiger partial charge in [0.05, 0.1) is 18.2 Å². The van der Waals surface area contributed by atoms with Crippen molar-refractivity contribution in [2.75, 3.05) is 13.2 Å². The Morgan fingerprint density at radius 2 is 2.43 bits per heavy atom. The second-order valence-corrected chi connectivity index (χ2v) is 3.09. The highest BCUT2D eigenvalue weighted by atomic mass is 35.5. The number of hydrogen-bond acceptors (Lipinski definition) is 4. The Morgan fingerprint density at radius 3 is 3.00 bits per heavy atom. The summed E-state index contributed by atoms with van der Waals surface area (Å²) in [5.74, 6) is 0.326. The maximum Gasteiger partial charge on any atom is 0.394 e. The monoisotopic (exact) mass is 219 g/mol. The van der Waals surface area contributed by atoms with Gasteiger partial charge in [0, 0.05) is 6.61 Å². The van der Waals surface area contributed by atoms with Gasteiger partial charge >= 0.3 is 6.08 Å². The number of ether oxygens (including phenoxy) is 2. The third kappa shape index (κ3) is 3.55. The molecule has 0 aliphatic rings. The summed E-state index contributed by atoms with van der Waals surface area (Å²) in [6.07, 6.45) is 1.65. The lowest BCUT2D eigenvalue weighted by atomic mass is 10.4. The van der Waals surface area contributed by atoms with Crippen molar-refractivity contribution in [2.45, 2.75) is 25.8 Å². The number of aromatic nitrogens is 1. The van der Waals surface area contributed by atoms with Crippen LogP contribution in [0.15, 0.2) is 10.7 Å². The van der Waals surface area contributed by atoms with Crippen molar-refractivity contribution in [3.63, 3.8) is 0 Å². The molecule has 1 unspecified atom stereocenters. The first-order chi connectivity index (χ1) is 6.76. The lowest BCUT2D eigenvalue weighted by Crippen LogP contribution is -2.19. The summed E-state index contributed by atoms with van der Waals surface area (Å²) < 4.78 is 15.6. The molecule has 4 nitrogen and oxygen atoms in total. The van der Waals surface area contributed by atoms with Crippen molar-refractivity contribution in [2.24, 2.45) is 0 Å². The van der Waals surface area contributed by atoms with E-state index in [1.807, 2.05) is 13.8 Å². The highest BCUT2D eigenvalue weighted by Crippen LogP contribution is 2.13. The van der Waals surface area contributed by atoms with Crippen LogP contribution in [-0.2, 0) is 10.6 Å². The minimum Gasteiger partial charge on any atom is -0.445 e. The predicted octanol–water partition coefficient (Wildman–Crippen LogP) is 2.22. The van der Waals surface area contributed by atoms with E-state index >= 15 is 0 Å². The highest BCUT2D eigenvalue weighted by Gasteiger charge is 2.09. The molecule has 0 saturated carbocycles. The lowest BCUT2D eigenvalue weighted by Gasteiger charge is -2.10. The van der Waals surface area contributed by atoms with Gasteiger partial charge in [0.15, 0.2) is 0 Å². The van der Waals surface area contributed by atoms with E-state index in [1.54, 1.807) is 0 Å². The highest BCUT2D eigenvalue weighted by molar-refractivity contribution is 6.16. The Hall–Kier alpha value is -0.740. The van der Waals surface area contributed by atoms with E-state index in [9.17, 15) is 0 Å². The predicted molar refractivity (Wildman–Crippen MR) is 52.6 cm³/mol. The van der Waals surface area contributed by atoms with Gasteiger partial charge in [0.25, 0.3) is 0 Å². The fraction of sp³-hybridized carbons (Fsp3) is 0.667. The number of oxazole rings is 1. The van der Waals surface area contributed by atoms with Crippen LogP contribution in [0.5, 0.6) is 6.08 Å². The largest absolute Gasteiger partial charge is 0.445 e. The van der Waals surface area contributed by atoms with Crippen LogP contribution in [0.4, 0.5) is 0 Å². The van der Waals surface area contributed by atoms with Crippen LogP contribution in [-0.4, -0.2) is 24.3 Å². The van der Waals surface area contributed by atoms with Gasteiger partial charge in [-0.2, -0.15) is 4.98 Å².